The molecule has 1 aromatic heterocycles. The molecule has 0 bridgehead atoms. The number of aliphatic hydroxyl groups is 1. The molecule has 0 aliphatic heterocycles. The summed E-state index contributed by atoms with van der Waals surface area (Å²) in [4.78, 5) is 3.91. The molecule has 2 N–H and O–H groups in total. The number of hydrogen-bond acceptors (Lipinski definition) is 4. The summed E-state index contributed by atoms with van der Waals surface area (Å²) in [5.74, 6) is 0. The van der Waals surface area contributed by atoms with Gasteiger partial charge in [-0.15, -0.1) is 0 Å². The molecule has 4 nitrogen and oxygen atoms in total. The third-order valence-corrected chi connectivity index (χ3v) is 1.76. The Balaban J connectivity index is 2.75. The Morgan fingerprint density at radius 1 is 1.57 bits per heavy atom. The van der Waals surface area contributed by atoms with E-state index in [1.54, 1.807) is 18.3 Å². The van der Waals surface area contributed by atoms with Crippen LogP contribution in [0.4, 0.5) is 5.69 Å². The van der Waals surface area contributed by atoms with Crippen LogP contribution in [0.1, 0.15) is 19.5 Å². The smallest absolute Gasteiger partial charge is 0.140 e. The monoisotopic (exact) mass is 191 g/mol. The van der Waals surface area contributed by atoms with Gasteiger partial charge in [-0.05, 0) is 26.0 Å². The van der Waals surface area contributed by atoms with Crippen LogP contribution in [-0.4, -0.2) is 22.2 Å². The first-order chi connectivity index (χ1) is 6.57. The van der Waals surface area contributed by atoms with E-state index in [2.05, 4.69) is 10.3 Å². The molecule has 1 aromatic rings. The zero-order valence-corrected chi connectivity index (χ0v) is 8.28. The lowest BCUT2D eigenvalue weighted by atomic mass is 10.1. The fourth-order valence-corrected chi connectivity index (χ4v) is 0.964. The van der Waals surface area contributed by atoms with E-state index in [1.165, 1.54) is 0 Å². The molecule has 1 rings (SSSR count). The lowest BCUT2D eigenvalue weighted by Gasteiger charge is -2.24. The van der Waals surface area contributed by atoms with Gasteiger partial charge in [0.15, 0.2) is 0 Å². The first-order valence-corrected chi connectivity index (χ1v) is 4.32. The van der Waals surface area contributed by atoms with E-state index >= 15 is 0 Å². The maximum Gasteiger partial charge on any atom is 0.140 e. The van der Waals surface area contributed by atoms with Crippen molar-refractivity contribution in [3.63, 3.8) is 0 Å². The third kappa shape index (κ3) is 2.71. The average Bonchev–Trinajstić information content (AvgIpc) is 2.19. The van der Waals surface area contributed by atoms with Crippen molar-refractivity contribution in [1.29, 1.82) is 5.26 Å². The number of anilines is 1. The molecule has 0 atom stereocenters. The second-order valence-corrected chi connectivity index (χ2v) is 3.71. The molecule has 0 amide bonds. The van der Waals surface area contributed by atoms with E-state index < -0.39 is 0 Å². The minimum absolute atomic E-state index is 0.0347. The first-order valence-electron chi connectivity index (χ1n) is 4.32. The molecular formula is C10H13N3O. The van der Waals surface area contributed by atoms with Crippen molar-refractivity contribution < 1.29 is 5.11 Å². The van der Waals surface area contributed by atoms with Crippen LogP contribution < -0.4 is 5.32 Å². The fourth-order valence-electron chi connectivity index (χ4n) is 0.964. The average molecular weight is 191 g/mol. The second kappa shape index (κ2) is 4.07. The van der Waals surface area contributed by atoms with Gasteiger partial charge in [0, 0.05) is 0 Å². The Hall–Kier alpha value is -1.60. The van der Waals surface area contributed by atoms with Crippen molar-refractivity contribution in [1.82, 2.24) is 4.98 Å². The van der Waals surface area contributed by atoms with Gasteiger partial charge in [-0.1, -0.05) is 0 Å². The lowest BCUT2D eigenvalue weighted by Crippen LogP contribution is -2.34. The molecular weight excluding hydrogens is 178 g/mol. The van der Waals surface area contributed by atoms with Crippen molar-refractivity contribution in [2.45, 2.75) is 19.4 Å². The van der Waals surface area contributed by atoms with Crippen LogP contribution >= 0.6 is 0 Å². The summed E-state index contributed by atoms with van der Waals surface area (Å²) < 4.78 is 0. The number of rotatable bonds is 3. The minimum Gasteiger partial charge on any atom is -0.394 e. The molecule has 0 aliphatic carbocycles. The van der Waals surface area contributed by atoms with Gasteiger partial charge >= 0.3 is 0 Å². The van der Waals surface area contributed by atoms with Gasteiger partial charge in [-0.25, -0.2) is 4.98 Å². The lowest BCUT2D eigenvalue weighted by molar-refractivity contribution is 0.234. The molecule has 14 heavy (non-hydrogen) atoms. The zero-order chi connectivity index (χ0) is 10.6. The topological polar surface area (TPSA) is 68.9 Å². The molecule has 0 aliphatic rings. The van der Waals surface area contributed by atoms with E-state index in [1.807, 2.05) is 19.9 Å². The van der Waals surface area contributed by atoms with Gasteiger partial charge in [0.25, 0.3) is 0 Å². The quantitative estimate of drug-likeness (QED) is 0.751. The predicted molar refractivity (Wildman–Crippen MR) is 53.7 cm³/mol. The molecule has 0 saturated carbocycles. The van der Waals surface area contributed by atoms with E-state index in [-0.39, 0.29) is 12.1 Å². The summed E-state index contributed by atoms with van der Waals surface area (Å²) in [6.45, 7) is 3.80. The summed E-state index contributed by atoms with van der Waals surface area (Å²) in [5, 5.41) is 20.7. The summed E-state index contributed by atoms with van der Waals surface area (Å²) in [6.07, 6.45) is 1.58. The van der Waals surface area contributed by atoms with E-state index in [9.17, 15) is 0 Å². The van der Waals surface area contributed by atoms with Crippen LogP contribution in [0.15, 0.2) is 18.3 Å². The fraction of sp³-hybridized carbons (Fsp3) is 0.400. The van der Waals surface area contributed by atoms with Gasteiger partial charge in [0.2, 0.25) is 0 Å². The maximum atomic E-state index is 9.02. The number of aromatic nitrogens is 1. The highest BCUT2D eigenvalue weighted by atomic mass is 16.3. The van der Waals surface area contributed by atoms with Gasteiger partial charge in [0.05, 0.1) is 24.0 Å². The Morgan fingerprint density at radius 2 is 2.29 bits per heavy atom. The molecule has 0 radical (unpaired) electrons. The van der Waals surface area contributed by atoms with Crippen molar-refractivity contribution >= 4 is 5.69 Å². The molecule has 0 spiro atoms. The van der Waals surface area contributed by atoms with Crippen molar-refractivity contribution in [2.24, 2.45) is 0 Å². The van der Waals surface area contributed by atoms with Crippen molar-refractivity contribution in [3.8, 4) is 6.07 Å². The highest BCUT2D eigenvalue weighted by molar-refractivity contribution is 5.44. The van der Waals surface area contributed by atoms with Gasteiger partial charge < -0.3 is 10.4 Å². The summed E-state index contributed by atoms with van der Waals surface area (Å²) >= 11 is 0. The Kier molecular flexibility index (Phi) is 3.05. The van der Waals surface area contributed by atoms with Crippen LogP contribution in [-0.2, 0) is 0 Å². The molecule has 4 heteroatoms. The van der Waals surface area contributed by atoms with Crippen LogP contribution in [0.25, 0.3) is 0 Å². The van der Waals surface area contributed by atoms with E-state index in [4.69, 9.17) is 10.4 Å². The Morgan fingerprint density at radius 3 is 2.71 bits per heavy atom. The first kappa shape index (κ1) is 10.5. The van der Waals surface area contributed by atoms with Crippen LogP contribution in [0.5, 0.6) is 0 Å². The second-order valence-electron chi connectivity index (χ2n) is 3.71. The molecule has 1 heterocycles. The summed E-state index contributed by atoms with van der Waals surface area (Å²) in [5.41, 5.74) is 0.802. The number of nitrogens with one attached hydrogen (secondary N) is 1. The molecule has 0 unspecified atom stereocenters. The Bertz CT molecular complexity index is 337. The minimum atomic E-state index is -0.379. The highest BCUT2D eigenvalue weighted by Crippen LogP contribution is 2.13. The number of nitrogens with zero attached hydrogens (tertiary/aromatic N) is 2. The largest absolute Gasteiger partial charge is 0.394 e. The Labute approximate surface area is 83.2 Å². The number of nitriles is 1. The highest BCUT2D eigenvalue weighted by Gasteiger charge is 2.15. The van der Waals surface area contributed by atoms with E-state index in [0.29, 0.717) is 5.69 Å². The summed E-state index contributed by atoms with van der Waals surface area (Å²) in [7, 11) is 0. The number of hydrogen-bond donors (Lipinski definition) is 2. The SMILES string of the molecule is CC(C)(CO)Nc1ccc(C#N)nc1. The molecule has 0 aromatic carbocycles. The van der Waals surface area contributed by atoms with Crippen LogP contribution in [0.2, 0.25) is 0 Å². The molecule has 0 saturated heterocycles. The van der Waals surface area contributed by atoms with Crippen LogP contribution in [0.3, 0.4) is 0 Å². The van der Waals surface area contributed by atoms with Crippen LogP contribution in [0, 0.1) is 11.3 Å². The van der Waals surface area contributed by atoms with Crippen molar-refractivity contribution in [2.75, 3.05) is 11.9 Å². The van der Waals surface area contributed by atoms with Gasteiger partial charge in [-0.3, -0.25) is 0 Å². The predicted octanol–water partition coefficient (Wildman–Crippen LogP) is 1.14. The number of pyridine rings is 1. The summed E-state index contributed by atoms with van der Waals surface area (Å²) in [6, 6.07) is 5.34. The third-order valence-electron chi connectivity index (χ3n) is 1.76. The van der Waals surface area contributed by atoms with Gasteiger partial charge in [0.1, 0.15) is 11.8 Å². The molecule has 0 fully saturated rings. The molecule has 74 valence electrons. The van der Waals surface area contributed by atoms with Crippen molar-refractivity contribution in [3.05, 3.63) is 24.0 Å². The zero-order valence-electron chi connectivity index (χ0n) is 8.28. The van der Waals surface area contributed by atoms with Gasteiger partial charge in [-0.2, -0.15) is 5.26 Å². The maximum absolute atomic E-state index is 9.02. The standard InChI is InChI=1S/C10H13N3O/c1-10(2,7-14)13-9-4-3-8(5-11)12-6-9/h3-4,6,13-14H,7H2,1-2H3. The number of aliphatic hydroxyl groups excluding tert-OH is 1. The van der Waals surface area contributed by atoms with E-state index in [0.717, 1.165) is 5.69 Å². The normalized spacial score (nSPS) is 10.7.